The van der Waals surface area contributed by atoms with Crippen LogP contribution in [0.3, 0.4) is 0 Å². The van der Waals surface area contributed by atoms with Gasteiger partial charge < -0.3 is 0 Å². The third-order valence-electron chi connectivity index (χ3n) is 1.47. The smallest absolute Gasteiger partial charge is 0.150 e. The topological polar surface area (TPSA) is 30.7 Å². The Labute approximate surface area is 71.4 Å². The van der Waals surface area contributed by atoms with E-state index in [2.05, 4.69) is 31.1 Å². The van der Waals surface area contributed by atoms with Crippen molar-refractivity contribution in [2.45, 2.75) is 26.2 Å². The SMILES string of the molecule is Cn1nnc(C(C)(C)C)c1Cl. The molecule has 3 nitrogen and oxygen atoms in total. The molecular formula is C7H12ClN3. The van der Waals surface area contributed by atoms with Gasteiger partial charge in [0.25, 0.3) is 0 Å². The highest BCUT2D eigenvalue weighted by atomic mass is 35.5. The number of hydrogen-bond acceptors (Lipinski definition) is 2. The van der Waals surface area contributed by atoms with E-state index in [0.717, 1.165) is 5.69 Å². The first-order valence-electron chi connectivity index (χ1n) is 3.48. The largest absolute Gasteiger partial charge is 0.237 e. The molecule has 0 bridgehead atoms. The Hall–Kier alpha value is -0.570. The molecule has 0 fully saturated rings. The summed E-state index contributed by atoms with van der Waals surface area (Å²) in [7, 11) is 1.78. The van der Waals surface area contributed by atoms with Gasteiger partial charge >= 0.3 is 0 Å². The summed E-state index contributed by atoms with van der Waals surface area (Å²) < 4.78 is 1.57. The van der Waals surface area contributed by atoms with Crippen LogP contribution in [0.25, 0.3) is 0 Å². The maximum atomic E-state index is 5.93. The van der Waals surface area contributed by atoms with Crippen molar-refractivity contribution in [1.82, 2.24) is 15.0 Å². The molecule has 0 saturated carbocycles. The fourth-order valence-electron chi connectivity index (χ4n) is 0.805. The van der Waals surface area contributed by atoms with Gasteiger partial charge in [0.05, 0.1) is 0 Å². The van der Waals surface area contributed by atoms with Crippen molar-refractivity contribution in [3.63, 3.8) is 0 Å². The molecule has 0 saturated heterocycles. The number of aryl methyl sites for hydroxylation is 1. The summed E-state index contributed by atoms with van der Waals surface area (Å²) in [5.41, 5.74) is 0.826. The molecule has 1 heterocycles. The number of nitrogens with zero attached hydrogens (tertiary/aromatic N) is 3. The molecule has 0 aliphatic heterocycles. The van der Waals surface area contributed by atoms with Crippen molar-refractivity contribution in [3.05, 3.63) is 10.8 Å². The van der Waals surface area contributed by atoms with Gasteiger partial charge in [-0.3, -0.25) is 0 Å². The molecule has 0 atom stereocenters. The van der Waals surface area contributed by atoms with Crippen molar-refractivity contribution in [2.24, 2.45) is 7.05 Å². The lowest BCUT2D eigenvalue weighted by molar-refractivity contribution is 0.567. The molecule has 0 aromatic carbocycles. The van der Waals surface area contributed by atoms with Gasteiger partial charge in [0, 0.05) is 12.5 Å². The van der Waals surface area contributed by atoms with Crippen LogP contribution in [0.1, 0.15) is 26.5 Å². The second-order valence-corrected chi connectivity index (χ2v) is 3.96. The van der Waals surface area contributed by atoms with Crippen molar-refractivity contribution >= 4 is 11.6 Å². The Bertz CT molecular complexity index is 259. The molecule has 0 N–H and O–H groups in total. The molecule has 1 aromatic rings. The maximum Gasteiger partial charge on any atom is 0.150 e. The highest BCUT2D eigenvalue weighted by molar-refractivity contribution is 6.30. The third kappa shape index (κ3) is 1.53. The van der Waals surface area contributed by atoms with Crippen molar-refractivity contribution in [2.75, 3.05) is 0 Å². The zero-order valence-electron chi connectivity index (χ0n) is 7.22. The summed E-state index contributed by atoms with van der Waals surface area (Å²) in [6, 6.07) is 0. The molecule has 1 rings (SSSR count). The summed E-state index contributed by atoms with van der Waals surface area (Å²) in [6.45, 7) is 6.18. The van der Waals surface area contributed by atoms with E-state index in [1.54, 1.807) is 11.7 Å². The quantitative estimate of drug-likeness (QED) is 0.599. The molecule has 4 heteroatoms. The Kier molecular flexibility index (Phi) is 1.92. The van der Waals surface area contributed by atoms with Crippen molar-refractivity contribution in [3.8, 4) is 0 Å². The van der Waals surface area contributed by atoms with Crippen molar-refractivity contribution in [1.29, 1.82) is 0 Å². The van der Waals surface area contributed by atoms with E-state index < -0.39 is 0 Å². The van der Waals surface area contributed by atoms with E-state index in [9.17, 15) is 0 Å². The van der Waals surface area contributed by atoms with Crippen LogP contribution in [-0.2, 0) is 12.5 Å². The monoisotopic (exact) mass is 173 g/mol. The summed E-state index contributed by atoms with van der Waals surface area (Å²) in [5, 5.41) is 8.41. The first-order valence-corrected chi connectivity index (χ1v) is 3.86. The molecule has 0 aliphatic rings. The molecular weight excluding hydrogens is 162 g/mol. The van der Waals surface area contributed by atoms with Crippen LogP contribution >= 0.6 is 11.6 Å². The molecule has 0 amide bonds. The normalized spacial score (nSPS) is 12.1. The van der Waals surface area contributed by atoms with Gasteiger partial charge in [-0.15, -0.1) is 5.10 Å². The average Bonchev–Trinajstić information content (AvgIpc) is 2.11. The Morgan fingerprint density at radius 2 is 1.91 bits per heavy atom. The van der Waals surface area contributed by atoms with Crippen LogP contribution in [0.5, 0.6) is 0 Å². The number of hydrogen-bond donors (Lipinski definition) is 0. The first-order chi connectivity index (χ1) is 4.93. The predicted octanol–water partition coefficient (Wildman–Crippen LogP) is 1.77. The van der Waals surface area contributed by atoms with Crippen LogP contribution in [0, 0.1) is 0 Å². The Morgan fingerprint density at radius 1 is 1.36 bits per heavy atom. The van der Waals surface area contributed by atoms with Crippen molar-refractivity contribution < 1.29 is 0 Å². The van der Waals surface area contributed by atoms with Gasteiger partial charge in [0.1, 0.15) is 5.69 Å². The molecule has 0 unspecified atom stereocenters. The first kappa shape index (κ1) is 8.53. The number of rotatable bonds is 0. The summed E-state index contributed by atoms with van der Waals surface area (Å²) in [5.74, 6) is 0. The van der Waals surface area contributed by atoms with Crippen LogP contribution < -0.4 is 0 Å². The fraction of sp³-hybridized carbons (Fsp3) is 0.714. The molecule has 0 spiro atoms. The lowest BCUT2D eigenvalue weighted by Crippen LogP contribution is -2.12. The van der Waals surface area contributed by atoms with Gasteiger partial charge in [-0.1, -0.05) is 37.6 Å². The molecule has 0 aliphatic carbocycles. The minimum atomic E-state index is -0.0225. The predicted molar refractivity (Wildman–Crippen MR) is 44.7 cm³/mol. The van der Waals surface area contributed by atoms with Gasteiger partial charge in [-0.2, -0.15) is 0 Å². The van der Waals surface area contributed by atoms with E-state index >= 15 is 0 Å². The third-order valence-corrected chi connectivity index (χ3v) is 1.89. The van der Waals surface area contributed by atoms with Gasteiger partial charge in [-0.25, -0.2) is 4.68 Å². The second kappa shape index (κ2) is 2.48. The zero-order chi connectivity index (χ0) is 8.65. The van der Waals surface area contributed by atoms with Crippen LogP contribution in [-0.4, -0.2) is 15.0 Å². The molecule has 0 radical (unpaired) electrons. The minimum Gasteiger partial charge on any atom is -0.237 e. The maximum absolute atomic E-state index is 5.93. The van der Waals surface area contributed by atoms with Gasteiger partial charge in [-0.05, 0) is 0 Å². The van der Waals surface area contributed by atoms with Gasteiger partial charge in [0.15, 0.2) is 5.15 Å². The summed E-state index contributed by atoms with van der Waals surface area (Å²) >= 11 is 5.93. The fourth-order valence-corrected chi connectivity index (χ4v) is 1.16. The number of aromatic nitrogens is 3. The van der Waals surface area contributed by atoms with Crippen LogP contribution in [0.4, 0.5) is 0 Å². The number of halogens is 1. The van der Waals surface area contributed by atoms with Crippen LogP contribution in [0.2, 0.25) is 5.15 Å². The standard InChI is InChI=1S/C7H12ClN3/c1-7(2,3)5-6(8)11(4)10-9-5/h1-4H3. The molecule has 1 aromatic heterocycles. The summed E-state index contributed by atoms with van der Waals surface area (Å²) in [6.07, 6.45) is 0. The average molecular weight is 174 g/mol. The van der Waals surface area contributed by atoms with Gasteiger partial charge in [0.2, 0.25) is 0 Å². The Balaban J connectivity index is 3.15. The highest BCUT2D eigenvalue weighted by Crippen LogP contribution is 2.25. The molecule has 62 valence electrons. The zero-order valence-corrected chi connectivity index (χ0v) is 7.98. The Morgan fingerprint density at radius 3 is 2.09 bits per heavy atom. The van der Waals surface area contributed by atoms with E-state index in [0.29, 0.717) is 5.15 Å². The minimum absolute atomic E-state index is 0.0225. The second-order valence-electron chi connectivity index (χ2n) is 3.60. The van der Waals surface area contributed by atoms with Crippen LogP contribution in [0.15, 0.2) is 0 Å². The summed E-state index contributed by atoms with van der Waals surface area (Å²) in [4.78, 5) is 0. The van der Waals surface area contributed by atoms with E-state index in [-0.39, 0.29) is 5.41 Å². The lowest BCUT2D eigenvalue weighted by atomic mass is 9.93. The highest BCUT2D eigenvalue weighted by Gasteiger charge is 2.22. The lowest BCUT2D eigenvalue weighted by Gasteiger charge is -2.14. The van der Waals surface area contributed by atoms with E-state index in [1.165, 1.54) is 0 Å². The molecule has 11 heavy (non-hydrogen) atoms. The van der Waals surface area contributed by atoms with E-state index in [4.69, 9.17) is 11.6 Å². The van der Waals surface area contributed by atoms with E-state index in [1.807, 2.05) is 0 Å².